The van der Waals surface area contributed by atoms with Gasteiger partial charge in [0, 0.05) is 29.3 Å². The second-order valence-corrected chi connectivity index (χ2v) is 15.0. The molecule has 9 heteroatoms. The lowest BCUT2D eigenvalue weighted by molar-refractivity contribution is 0.0592. The number of oxime groups is 1. The highest BCUT2D eigenvalue weighted by molar-refractivity contribution is 6.13. The van der Waals surface area contributed by atoms with Crippen LogP contribution in [0.2, 0.25) is 0 Å². The van der Waals surface area contributed by atoms with Crippen molar-refractivity contribution in [1.82, 2.24) is 0 Å². The maximum Gasteiger partial charge on any atom is 0.337 e. The number of carbonyl (C=O) groups excluding carboxylic acids is 2. The molecular formula is C49H71NO8. The van der Waals surface area contributed by atoms with Gasteiger partial charge in [0.15, 0.2) is 0 Å². The third-order valence-electron chi connectivity index (χ3n) is 10.1. The molecular weight excluding hydrogens is 731 g/mol. The van der Waals surface area contributed by atoms with Crippen molar-refractivity contribution in [3.05, 3.63) is 89.0 Å². The molecule has 0 saturated carbocycles. The van der Waals surface area contributed by atoms with Crippen molar-refractivity contribution in [3.63, 3.8) is 0 Å². The summed E-state index contributed by atoms with van der Waals surface area (Å²) in [5.41, 5.74) is 2.80. The summed E-state index contributed by atoms with van der Waals surface area (Å²) in [4.78, 5) is 30.0. The lowest BCUT2D eigenvalue weighted by Gasteiger charge is -2.13. The number of carbonyl (C=O) groups is 2. The molecule has 3 aromatic carbocycles. The van der Waals surface area contributed by atoms with Crippen LogP contribution in [0.1, 0.15) is 174 Å². The molecule has 3 aromatic rings. The number of unbranched alkanes of at least 4 members (excludes halogenated alkanes) is 17. The molecule has 0 aliphatic carbocycles. The first-order chi connectivity index (χ1) is 28.5. The van der Waals surface area contributed by atoms with E-state index in [-0.39, 0.29) is 0 Å². The van der Waals surface area contributed by atoms with E-state index >= 15 is 0 Å². The molecule has 0 aliphatic rings. The van der Waals surface area contributed by atoms with Gasteiger partial charge in [0.25, 0.3) is 0 Å². The molecule has 9 nitrogen and oxygen atoms in total. The van der Waals surface area contributed by atoms with Gasteiger partial charge in [-0.1, -0.05) is 133 Å². The molecule has 0 aromatic heterocycles. The number of rotatable bonds is 33. The number of hydrogen-bond acceptors (Lipinski definition) is 9. The van der Waals surface area contributed by atoms with Crippen molar-refractivity contribution >= 4 is 17.7 Å². The first kappa shape index (κ1) is 47.8. The minimum atomic E-state index is -0.440. The predicted molar refractivity (Wildman–Crippen MR) is 234 cm³/mol. The SMILES string of the molecule is CCCCCCCCCCOc1cc(OCCCCCCCCCC)cc(OCCCCCCO/N=C(/c2ccc(C(=O)OC)cc2)c2cccc(C(=O)OC)c2)c1. The van der Waals surface area contributed by atoms with Gasteiger partial charge in [0.2, 0.25) is 0 Å². The fourth-order valence-electron chi connectivity index (χ4n) is 6.64. The number of benzene rings is 3. The highest BCUT2D eigenvalue weighted by atomic mass is 16.6. The van der Waals surface area contributed by atoms with Crippen LogP contribution in [0.15, 0.2) is 71.9 Å². The number of hydrogen-bond donors (Lipinski definition) is 0. The number of methoxy groups -OCH3 is 2. The fraction of sp³-hybridized carbons (Fsp3) is 0.571. The topological polar surface area (TPSA) is 102 Å². The Bertz CT molecular complexity index is 1550. The van der Waals surface area contributed by atoms with E-state index in [1.54, 1.807) is 42.5 Å². The van der Waals surface area contributed by atoms with Gasteiger partial charge in [0.1, 0.15) is 29.6 Å². The lowest BCUT2D eigenvalue weighted by atomic mass is 9.99. The van der Waals surface area contributed by atoms with E-state index in [0.29, 0.717) is 48.8 Å². The van der Waals surface area contributed by atoms with E-state index < -0.39 is 11.9 Å². The maximum absolute atomic E-state index is 12.2. The van der Waals surface area contributed by atoms with Crippen LogP contribution in [0.25, 0.3) is 0 Å². The molecule has 0 bridgehead atoms. The molecule has 0 heterocycles. The zero-order chi connectivity index (χ0) is 41.5. The number of esters is 2. The van der Waals surface area contributed by atoms with E-state index in [2.05, 4.69) is 19.0 Å². The molecule has 3 rings (SSSR count). The zero-order valence-corrected chi connectivity index (χ0v) is 36.0. The summed E-state index contributed by atoms with van der Waals surface area (Å²) < 4.78 is 28.4. The van der Waals surface area contributed by atoms with Crippen LogP contribution in [0.5, 0.6) is 17.2 Å². The molecule has 58 heavy (non-hydrogen) atoms. The summed E-state index contributed by atoms with van der Waals surface area (Å²) in [6, 6.07) is 19.9. The summed E-state index contributed by atoms with van der Waals surface area (Å²) in [5, 5.41) is 4.47. The minimum absolute atomic E-state index is 0.404. The average Bonchev–Trinajstić information content (AvgIpc) is 3.25. The van der Waals surface area contributed by atoms with Crippen LogP contribution in [0.3, 0.4) is 0 Å². The summed E-state index contributed by atoms with van der Waals surface area (Å²) in [5.74, 6) is 1.53. The summed E-state index contributed by atoms with van der Waals surface area (Å²) >= 11 is 0. The second-order valence-electron chi connectivity index (χ2n) is 15.0. The normalized spacial score (nSPS) is 11.3. The monoisotopic (exact) mass is 802 g/mol. The summed E-state index contributed by atoms with van der Waals surface area (Å²) in [6.07, 6.45) is 23.9. The highest BCUT2D eigenvalue weighted by Gasteiger charge is 2.14. The van der Waals surface area contributed by atoms with Crippen molar-refractivity contribution in [3.8, 4) is 17.2 Å². The molecule has 0 unspecified atom stereocenters. The first-order valence-electron chi connectivity index (χ1n) is 22.1. The van der Waals surface area contributed by atoms with Crippen molar-refractivity contribution in [2.45, 2.75) is 142 Å². The van der Waals surface area contributed by atoms with Gasteiger partial charge in [-0.15, -0.1) is 0 Å². The Morgan fingerprint density at radius 3 is 1.26 bits per heavy atom. The Hall–Kier alpha value is -4.53. The largest absolute Gasteiger partial charge is 0.493 e. The summed E-state index contributed by atoms with van der Waals surface area (Å²) in [6.45, 7) is 6.94. The van der Waals surface area contributed by atoms with Crippen molar-refractivity contribution in [2.75, 3.05) is 40.6 Å². The molecule has 0 spiro atoms. The lowest BCUT2D eigenvalue weighted by Crippen LogP contribution is -2.09. The van der Waals surface area contributed by atoms with Gasteiger partial charge in [-0.3, -0.25) is 0 Å². The molecule has 0 amide bonds. The first-order valence-corrected chi connectivity index (χ1v) is 22.1. The standard InChI is InChI=1S/C49H71NO8/c1-5-7-9-11-13-15-17-21-32-55-44-37-45(56-33-22-18-16-14-12-10-8-6-2)39-46(38-44)57-34-23-19-20-24-35-58-50-47(40-28-30-41(31-29-40)48(51)53-3)42-26-25-27-43(36-42)49(52)54-4/h25-31,36-39H,5-24,32-35H2,1-4H3/b50-47-. The van der Waals surface area contributed by atoms with Gasteiger partial charge >= 0.3 is 11.9 Å². The number of ether oxygens (including phenoxy) is 5. The third-order valence-corrected chi connectivity index (χ3v) is 10.1. The highest BCUT2D eigenvalue weighted by Crippen LogP contribution is 2.29. The average molecular weight is 802 g/mol. The quantitative estimate of drug-likeness (QED) is 0.0260. The molecule has 0 atom stereocenters. The van der Waals surface area contributed by atoms with Gasteiger partial charge < -0.3 is 28.5 Å². The van der Waals surface area contributed by atoms with Gasteiger partial charge in [-0.05, 0) is 62.8 Å². The van der Waals surface area contributed by atoms with E-state index in [1.807, 2.05) is 24.3 Å². The predicted octanol–water partition coefficient (Wildman–Crippen LogP) is 12.7. The van der Waals surface area contributed by atoms with Crippen molar-refractivity contribution in [2.24, 2.45) is 5.16 Å². The minimum Gasteiger partial charge on any atom is -0.493 e. The molecule has 0 radical (unpaired) electrons. The molecule has 0 saturated heterocycles. The Morgan fingerprint density at radius 1 is 0.431 bits per heavy atom. The molecule has 320 valence electrons. The third kappa shape index (κ3) is 19.8. The van der Waals surface area contributed by atoms with E-state index in [4.69, 9.17) is 28.5 Å². The van der Waals surface area contributed by atoms with Crippen LogP contribution in [-0.4, -0.2) is 58.3 Å². The van der Waals surface area contributed by atoms with Gasteiger partial charge in [-0.2, -0.15) is 0 Å². The van der Waals surface area contributed by atoms with Crippen molar-refractivity contribution in [1.29, 1.82) is 0 Å². The maximum atomic E-state index is 12.2. The van der Waals surface area contributed by atoms with Crippen LogP contribution < -0.4 is 14.2 Å². The zero-order valence-electron chi connectivity index (χ0n) is 36.0. The second kappa shape index (κ2) is 30.5. The smallest absolute Gasteiger partial charge is 0.337 e. The van der Waals surface area contributed by atoms with Gasteiger partial charge in [-0.25, -0.2) is 9.59 Å². The van der Waals surface area contributed by atoms with E-state index in [0.717, 1.165) is 61.3 Å². The Labute approximate surface area is 349 Å². The van der Waals surface area contributed by atoms with Crippen LogP contribution >= 0.6 is 0 Å². The van der Waals surface area contributed by atoms with Crippen molar-refractivity contribution < 1.29 is 38.1 Å². The van der Waals surface area contributed by atoms with Crippen LogP contribution in [0, 0.1) is 0 Å². The molecule has 0 fully saturated rings. The van der Waals surface area contributed by atoms with Crippen LogP contribution in [0.4, 0.5) is 0 Å². The molecule has 0 N–H and O–H groups in total. The van der Waals surface area contributed by atoms with E-state index in [9.17, 15) is 9.59 Å². The Balaban J connectivity index is 1.47. The van der Waals surface area contributed by atoms with E-state index in [1.165, 1.54) is 104 Å². The van der Waals surface area contributed by atoms with Crippen LogP contribution in [-0.2, 0) is 14.3 Å². The Morgan fingerprint density at radius 2 is 0.810 bits per heavy atom. The van der Waals surface area contributed by atoms with Gasteiger partial charge in [0.05, 0.1) is 45.2 Å². The fourth-order valence-corrected chi connectivity index (χ4v) is 6.64. The Kier molecular flexibility index (Phi) is 25.2. The summed E-state index contributed by atoms with van der Waals surface area (Å²) in [7, 11) is 2.70. The molecule has 0 aliphatic heterocycles. The number of nitrogens with zero attached hydrogens (tertiary/aromatic N) is 1.